The summed E-state index contributed by atoms with van der Waals surface area (Å²) in [7, 11) is 0. The van der Waals surface area contributed by atoms with E-state index in [4.69, 9.17) is 8.48 Å². The fourth-order valence-electron chi connectivity index (χ4n) is 0.933. The highest BCUT2D eigenvalue weighted by atomic mass is 79.9. The van der Waals surface area contributed by atoms with Crippen LogP contribution in [0.2, 0.25) is 0 Å². The van der Waals surface area contributed by atoms with Crippen molar-refractivity contribution in [2.24, 2.45) is 0 Å². The molecule has 0 aliphatic heterocycles. The fourth-order valence-corrected chi connectivity index (χ4v) is 1.19. The van der Waals surface area contributed by atoms with Gasteiger partial charge >= 0.3 is 0 Å². The number of imidazole rings is 1. The standard InChI is InChI=1S/C8H7BrN4/c9-7-4-13(5-12-7)8-6(10)2-1-3-11-8/h1-5H,10H2/i4D,5D. The molecule has 2 N–H and O–H groups in total. The van der Waals surface area contributed by atoms with Crippen molar-refractivity contribution in [3.63, 3.8) is 0 Å². The van der Waals surface area contributed by atoms with Crippen LogP contribution in [0, 0.1) is 0 Å². The molecule has 0 unspecified atom stereocenters. The second-order valence-electron chi connectivity index (χ2n) is 2.37. The Morgan fingerprint density at radius 3 is 3.00 bits per heavy atom. The summed E-state index contributed by atoms with van der Waals surface area (Å²) in [6.45, 7) is 0. The Morgan fingerprint density at radius 2 is 2.38 bits per heavy atom. The van der Waals surface area contributed by atoms with E-state index >= 15 is 0 Å². The van der Waals surface area contributed by atoms with Crippen LogP contribution in [0.15, 0.2) is 35.4 Å². The third-order valence-electron chi connectivity index (χ3n) is 1.48. The van der Waals surface area contributed by atoms with Crippen LogP contribution in [0.3, 0.4) is 0 Å². The summed E-state index contributed by atoms with van der Waals surface area (Å²) in [5.74, 6) is 0.353. The van der Waals surface area contributed by atoms with Crippen molar-refractivity contribution in [2.75, 3.05) is 5.73 Å². The highest BCUT2D eigenvalue weighted by Gasteiger charge is 2.02. The van der Waals surface area contributed by atoms with Gasteiger partial charge in [-0.1, -0.05) is 0 Å². The summed E-state index contributed by atoms with van der Waals surface area (Å²) in [4.78, 5) is 7.81. The number of nitrogens with zero attached hydrogens (tertiary/aromatic N) is 3. The van der Waals surface area contributed by atoms with Gasteiger partial charge in [-0.2, -0.15) is 0 Å². The summed E-state index contributed by atoms with van der Waals surface area (Å²) in [6.07, 6.45) is 1.54. The van der Waals surface area contributed by atoms with Gasteiger partial charge in [0.15, 0.2) is 5.82 Å². The van der Waals surface area contributed by atoms with Crippen molar-refractivity contribution >= 4 is 21.6 Å². The van der Waals surface area contributed by atoms with E-state index in [-0.39, 0.29) is 12.5 Å². The Labute approximate surface area is 86.4 Å². The van der Waals surface area contributed by atoms with Crippen LogP contribution in [0.4, 0.5) is 5.69 Å². The van der Waals surface area contributed by atoms with Crippen LogP contribution >= 0.6 is 15.9 Å². The zero-order chi connectivity index (χ0) is 11.0. The lowest BCUT2D eigenvalue weighted by atomic mass is 10.4. The topological polar surface area (TPSA) is 56.7 Å². The molecule has 0 bridgehead atoms. The van der Waals surface area contributed by atoms with E-state index < -0.39 is 0 Å². The van der Waals surface area contributed by atoms with E-state index in [2.05, 4.69) is 25.9 Å². The first-order chi connectivity index (χ1) is 7.11. The van der Waals surface area contributed by atoms with Crippen LogP contribution in [0.1, 0.15) is 2.74 Å². The molecule has 0 saturated heterocycles. The van der Waals surface area contributed by atoms with E-state index in [1.807, 2.05) is 0 Å². The molecule has 66 valence electrons. The van der Waals surface area contributed by atoms with Crippen molar-refractivity contribution in [1.82, 2.24) is 14.5 Å². The first-order valence-corrected chi connectivity index (χ1v) is 4.33. The van der Waals surface area contributed by atoms with Crippen molar-refractivity contribution in [3.05, 3.63) is 35.4 Å². The van der Waals surface area contributed by atoms with Gasteiger partial charge < -0.3 is 5.73 Å². The number of hydrogen-bond acceptors (Lipinski definition) is 3. The van der Waals surface area contributed by atoms with Gasteiger partial charge in [0.1, 0.15) is 12.3 Å². The highest BCUT2D eigenvalue weighted by Crippen LogP contribution is 2.15. The van der Waals surface area contributed by atoms with E-state index in [1.165, 1.54) is 4.57 Å². The van der Waals surface area contributed by atoms with E-state index in [1.54, 1.807) is 18.3 Å². The van der Waals surface area contributed by atoms with E-state index in [0.717, 1.165) is 0 Å². The number of rotatable bonds is 1. The second-order valence-corrected chi connectivity index (χ2v) is 3.12. The van der Waals surface area contributed by atoms with E-state index in [0.29, 0.717) is 16.1 Å². The van der Waals surface area contributed by atoms with Crippen molar-refractivity contribution < 1.29 is 2.74 Å². The molecule has 0 amide bonds. The lowest BCUT2D eigenvalue weighted by Crippen LogP contribution is -1.99. The number of pyridine rings is 1. The van der Waals surface area contributed by atoms with Gasteiger partial charge in [-0.3, -0.25) is 4.57 Å². The molecule has 0 spiro atoms. The molecule has 0 radical (unpaired) electrons. The van der Waals surface area contributed by atoms with Crippen LogP contribution in [0.5, 0.6) is 0 Å². The SMILES string of the molecule is [2H]c1nc(Br)c([2H])n1-c1ncccc1N. The smallest absolute Gasteiger partial charge is 0.161 e. The van der Waals surface area contributed by atoms with Crippen molar-refractivity contribution in [1.29, 1.82) is 0 Å². The Kier molecular flexibility index (Phi) is 1.50. The Morgan fingerprint density at radius 1 is 1.54 bits per heavy atom. The minimum atomic E-state index is -0.0720. The molecule has 4 nitrogen and oxygen atoms in total. The minimum Gasteiger partial charge on any atom is -0.396 e. The molecular weight excluding hydrogens is 232 g/mol. The predicted octanol–water partition coefficient (Wildman–Crippen LogP) is 1.61. The number of nitrogens with two attached hydrogens (primary N) is 1. The van der Waals surface area contributed by atoms with Gasteiger partial charge in [-0.25, -0.2) is 9.97 Å². The lowest BCUT2D eigenvalue weighted by Gasteiger charge is -2.02. The van der Waals surface area contributed by atoms with Gasteiger partial charge in [0.05, 0.1) is 7.06 Å². The van der Waals surface area contributed by atoms with Crippen molar-refractivity contribution in [2.45, 2.75) is 0 Å². The molecule has 2 aromatic heterocycles. The Hall–Kier alpha value is -1.36. The number of halogens is 1. The second kappa shape index (κ2) is 3.18. The predicted molar refractivity (Wildman–Crippen MR) is 53.5 cm³/mol. The summed E-state index contributed by atoms with van der Waals surface area (Å²) < 4.78 is 16.8. The molecule has 0 aromatic carbocycles. The number of aromatic nitrogens is 3. The molecule has 2 heterocycles. The molecule has 0 aliphatic carbocycles. The molecular formula is C8H7BrN4. The van der Waals surface area contributed by atoms with Gasteiger partial charge in [-0.15, -0.1) is 0 Å². The molecule has 2 aromatic rings. The van der Waals surface area contributed by atoms with Crippen LogP contribution in [0.25, 0.3) is 5.82 Å². The largest absolute Gasteiger partial charge is 0.396 e. The number of anilines is 1. The minimum absolute atomic E-state index is 0.0606. The first-order valence-electron chi connectivity index (χ1n) is 4.53. The zero-order valence-electron chi connectivity index (χ0n) is 8.53. The van der Waals surface area contributed by atoms with Gasteiger partial charge in [0.25, 0.3) is 0 Å². The van der Waals surface area contributed by atoms with Gasteiger partial charge in [0, 0.05) is 12.4 Å². The van der Waals surface area contributed by atoms with Gasteiger partial charge in [-0.05, 0) is 28.1 Å². The summed E-state index contributed by atoms with van der Waals surface area (Å²) in [5, 5.41) is 0. The van der Waals surface area contributed by atoms with Crippen LogP contribution in [-0.4, -0.2) is 14.5 Å². The maximum atomic E-state index is 7.69. The normalized spacial score (nSPS) is 12.4. The molecule has 5 heteroatoms. The third-order valence-corrected chi connectivity index (χ3v) is 1.84. The lowest BCUT2D eigenvalue weighted by molar-refractivity contribution is 0.997. The van der Waals surface area contributed by atoms with E-state index in [9.17, 15) is 0 Å². The molecule has 13 heavy (non-hydrogen) atoms. The highest BCUT2D eigenvalue weighted by molar-refractivity contribution is 9.10. The summed E-state index contributed by atoms with van der Waals surface area (Å²) in [6, 6.07) is 3.35. The van der Waals surface area contributed by atoms with Crippen molar-refractivity contribution in [3.8, 4) is 5.82 Å². The summed E-state index contributed by atoms with van der Waals surface area (Å²) >= 11 is 3.08. The maximum Gasteiger partial charge on any atom is 0.161 e. The first kappa shape index (κ1) is 6.15. The number of hydrogen-bond donors (Lipinski definition) is 1. The Balaban J connectivity index is 2.69. The molecule has 0 fully saturated rings. The molecule has 2 rings (SSSR count). The third kappa shape index (κ3) is 1.55. The molecule has 0 saturated carbocycles. The monoisotopic (exact) mass is 240 g/mol. The summed E-state index contributed by atoms with van der Waals surface area (Å²) in [5.41, 5.74) is 6.11. The van der Waals surface area contributed by atoms with Gasteiger partial charge in [0.2, 0.25) is 0 Å². The van der Waals surface area contributed by atoms with Crippen LogP contribution < -0.4 is 5.73 Å². The maximum absolute atomic E-state index is 7.69. The molecule has 0 aliphatic rings. The average Bonchev–Trinajstić information content (AvgIpc) is 2.43. The quantitative estimate of drug-likeness (QED) is 0.825. The average molecular weight is 241 g/mol. The number of nitrogen functional groups attached to an aromatic ring is 1. The Bertz CT molecular complexity index is 511. The fraction of sp³-hybridized carbons (Fsp3) is 0. The molecule has 0 atom stereocenters. The zero-order valence-corrected chi connectivity index (χ0v) is 8.12. The van der Waals surface area contributed by atoms with Crippen LogP contribution in [-0.2, 0) is 0 Å².